The van der Waals surface area contributed by atoms with Crippen molar-refractivity contribution >= 4 is 28.5 Å². The van der Waals surface area contributed by atoms with Crippen LogP contribution in [0.3, 0.4) is 0 Å². The molecule has 0 bridgehead atoms. The van der Waals surface area contributed by atoms with E-state index in [1.807, 2.05) is 11.0 Å². The molecular weight excluding hydrogens is 404 g/mol. The van der Waals surface area contributed by atoms with Crippen molar-refractivity contribution < 1.29 is 14.3 Å². The largest absolute Gasteiger partial charge is 0.385 e. The molecule has 2 aromatic heterocycles. The fourth-order valence-electron chi connectivity index (χ4n) is 4.30. The quantitative estimate of drug-likeness (QED) is 0.614. The maximum atomic E-state index is 13.4. The highest BCUT2D eigenvalue weighted by atomic mass is 35.5. The number of nitrogens with zero attached hydrogens (tertiary/aromatic N) is 3. The van der Waals surface area contributed by atoms with E-state index in [2.05, 4.69) is 28.0 Å². The molecular formula is C22H31ClN4O3. The maximum absolute atomic E-state index is 13.4. The monoisotopic (exact) mass is 434 g/mol. The Bertz CT molecular complexity index is 877. The molecule has 1 saturated carbocycles. The van der Waals surface area contributed by atoms with E-state index in [9.17, 15) is 4.79 Å². The predicted octanol–water partition coefficient (Wildman–Crippen LogP) is 3.16. The number of fused-ring (bicyclic) bond motifs is 1. The molecule has 2 aromatic rings. The fraction of sp³-hybridized carbons (Fsp3) is 0.636. The van der Waals surface area contributed by atoms with E-state index in [1.165, 1.54) is 0 Å². The minimum atomic E-state index is -0.419. The summed E-state index contributed by atoms with van der Waals surface area (Å²) < 4.78 is 13.1. The second kappa shape index (κ2) is 9.64. The van der Waals surface area contributed by atoms with E-state index in [0.29, 0.717) is 18.2 Å². The zero-order chi connectivity index (χ0) is 21.1. The number of rotatable bonds is 9. The normalized spacial score (nSPS) is 20.4. The number of morpholine rings is 1. The third-order valence-corrected chi connectivity index (χ3v) is 6.31. The van der Waals surface area contributed by atoms with Crippen molar-refractivity contribution in [1.82, 2.24) is 19.8 Å². The first-order chi connectivity index (χ1) is 14.6. The number of nitrogens with one attached hydrogen (secondary N) is 1. The smallest absolute Gasteiger partial charge is 0.253 e. The molecule has 164 valence electrons. The van der Waals surface area contributed by atoms with Gasteiger partial charge in [-0.15, -0.1) is 0 Å². The average Bonchev–Trinajstić information content (AvgIpc) is 3.52. The van der Waals surface area contributed by atoms with E-state index >= 15 is 0 Å². The Balaban J connectivity index is 1.63. The van der Waals surface area contributed by atoms with Crippen molar-refractivity contribution in [2.45, 2.75) is 57.3 Å². The Labute approximate surface area is 182 Å². The Hall–Kier alpha value is -1.67. The molecule has 1 aliphatic heterocycles. The first-order valence-electron chi connectivity index (χ1n) is 10.9. The van der Waals surface area contributed by atoms with Gasteiger partial charge in [0.1, 0.15) is 11.8 Å². The number of aromatic nitrogens is 2. The van der Waals surface area contributed by atoms with Crippen LogP contribution in [0.5, 0.6) is 0 Å². The van der Waals surface area contributed by atoms with Gasteiger partial charge in [-0.05, 0) is 38.7 Å². The van der Waals surface area contributed by atoms with Crippen LogP contribution in [0.25, 0.3) is 11.0 Å². The third-order valence-electron chi connectivity index (χ3n) is 6.00. The van der Waals surface area contributed by atoms with Crippen LogP contribution in [0.4, 0.5) is 0 Å². The van der Waals surface area contributed by atoms with E-state index in [1.54, 1.807) is 13.3 Å². The van der Waals surface area contributed by atoms with Gasteiger partial charge < -0.3 is 24.3 Å². The van der Waals surface area contributed by atoms with Gasteiger partial charge in [0.2, 0.25) is 0 Å². The highest BCUT2D eigenvalue weighted by molar-refractivity contribution is 6.35. The van der Waals surface area contributed by atoms with Crippen LogP contribution in [0, 0.1) is 0 Å². The number of pyridine rings is 1. The summed E-state index contributed by atoms with van der Waals surface area (Å²) in [7, 11) is 1.72. The lowest BCUT2D eigenvalue weighted by Crippen LogP contribution is -2.50. The van der Waals surface area contributed by atoms with Gasteiger partial charge in [-0.1, -0.05) is 11.6 Å². The topological polar surface area (TPSA) is 68.6 Å². The molecule has 8 heteroatoms. The van der Waals surface area contributed by atoms with Crippen molar-refractivity contribution in [2.24, 2.45) is 0 Å². The molecule has 0 spiro atoms. The number of methoxy groups -OCH3 is 1. The molecule has 1 saturated heterocycles. The first-order valence-corrected chi connectivity index (χ1v) is 11.3. The van der Waals surface area contributed by atoms with Crippen LogP contribution >= 0.6 is 11.6 Å². The van der Waals surface area contributed by atoms with Crippen LogP contribution in [0.2, 0.25) is 5.02 Å². The Morgan fingerprint density at radius 3 is 3.00 bits per heavy atom. The number of unbranched alkanes of at least 4 members (excludes halogenated alkanes) is 1. The molecule has 2 atom stereocenters. The van der Waals surface area contributed by atoms with Gasteiger partial charge >= 0.3 is 0 Å². The Morgan fingerprint density at radius 1 is 1.47 bits per heavy atom. The summed E-state index contributed by atoms with van der Waals surface area (Å²) >= 11 is 6.62. The van der Waals surface area contributed by atoms with Crippen LogP contribution < -0.4 is 5.32 Å². The minimum Gasteiger partial charge on any atom is -0.385 e. The van der Waals surface area contributed by atoms with E-state index < -0.39 is 6.10 Å². The number of carbonyl (C=O) groups excluding carboxylic acids is 1. The summed E-state index contributed by atoms with van der Waals surface area (Å²) in [4.78, 5) is 20.0. The fourth-order valence-corrected chi connectivity index (χ4v) is 4.55. The lowest BCUT2D eigenvalue weighted by molar-refractivity contribution is -0.148. The molecule has 2 aliphatic rings. The van der Waals surface area contributed by atoms with Crippen molar-refractivity contribution in [3.63, 3.8) is 0 Å². The molecule has 1 aliphatic carbocycles. The van der Waals surface area contributed by atoms with Crippen LogP contribution in [-0.4, -0.2) is 65.9 Å². The lowest BCUT2D eigenvalue weighted by Gasteiger charge is -2.34. The van der Waals surface area contributed by atoms with E-state index in [0.717, 1.165) is 62.0 Å². The standard InChI is InChI=1S/C22H31ClN4O3/c1-15(27(16-5-6-16)22(28)19-13-24-9-12-30-19)17-14-26(10-3-4-11-29-2)21-20(17)18(23)7-8-25-21/h7-8,14-16,19,24H,3-6,9-13H2,1-2H3/t15-,19-/m1/s1. The first kappa shape index (κ1) is 21.6. The highest BCUT2D eigenvalue weighted by Crippen LogP contribution is 2.39. The van der Waals surface area contributed by atoms with Crippen LogP contribution in [0.15, 0.2) is 18.5 Å². The zero-order valence-corrected chi connectivity index (χ0v) is 18.5. The molecule has 1 N–H and O–H groups in total. The Kier molecular flexibility index (Phi) is 6.93. The van der Waals surface area contributed by atoms with Crippen LogP contribution in [0.1, 0.15) is 44.2 Å². The van der Waals surface area contributed by atoms with Gasteiger partial charge in [0.25, 0.3) is 5.91 Å². The number of halogens is 1. The number of carbonyl (C=O) groups is 1. The molecule has 2 fully saturated rings. The summed E-state index contributed by atoms with van der Waals surface area (Å²) in [5.41, 5.74) is 1.93. The lowest BCUT2D eigenvalue weighted by atomic mass is 10.1. The summed E-state index contributed by atoms with van der Waals surface area (Å²) in [5, 5.41) is 4.89. The number of amides is 1. The predicted molar refractivity (Wildman–Crippen MR) is 117 cm³/mol. The molecule has 1 amide bonds. The van der Waals surface area contributed by atoms with E-state index in [-0.39, 0.29) is 18.0 Å². The Morgan fingerprint density at radius 2 is 2.30 bits per heavy atom. The molecule has 7 nitrogen and oxygen atoms in total. The van der Waals surface area contributed by atoms with Gasteiger partial charge in [-0.3, -0.25) is 4.79 Å². The van der Waals surface area contributed by atoms with Crippen molar-refractivity contribution in [2.75, 3.05) is 33.4 Å². The number of hydrogen-bond donors (Lipinski definition) is 1. The van der Waals surface area contributed by atoms with Crippen LogP contribution in [-0.2, 0) is 20.8 Å². The van der Waals surface area contributed by atoms with Gasteiger partial charge in [-0.2, -0.15) is 0 Å². The summed E-state index contributed by atoms with van der Waals surface area (Å²) in [6.07, 6.45) is 7.51. The molecule has 30 heavy (non-hydrogen) atoms. The second-order valence-corrected chi connectivity index (χ2v) is 8.59. The zero-order valence-electron chi connectivity index (χ0n) is 17.8. The van der Waals surface area contributed by atoms with Gasteiger partial charge in [0.05, 0.1) is 17.7 Å². The molecule has 0 unspecified atom stereocenters. The van der Waals surface area contributed by atoms with Gasteiger partial charge in [0.15, 0.2) is 0 Å². The molecule has 0 aromatic carbocycles. The molecule has 0 radical (unpaired) electrons. The number of aryl methyl sites for hydroxylation is 1. The summed E-state index contributed by atoms with van der Waals surface area (Å²) in [5.74, 6) is 0.0678. The summed E-state index contributed by atoms with van der Waals surface area (Å²) in [6.45, 7) is 5.61. The minimum absolute atomic E-state index is 0.0678. The third kappa shape index (κ3) is 4.49. The van der Waals surface area contributed by atoms with E-state index in [4.69, 9.17) is 21.1 Å². The number of ether oxygens (including phenoxy) is 2. The SMILES string of the molecule is COCCCCn1cc([C@@H](C)N(C(=O)[C@H]2CNCCO2)C2CC2)c2c(Cl)ccnc21. The average molecular weight is 435 g/mol. The summed E-state index contributed by atoms with van der Waals surface area (Å²) in [6, 6.07) is 2.00. The highest BCUT2D eigenvalue weighted by Gasteiger charge is 2.40. The van der Waals surface area contributed by atoms with Crippen molar-refractivity contribution in [3.05, 3.63) is 29.0 Å². The molecule has 4 rings (SSSR count). The van der Waals surface area contributed by atoms with Crippen molar-refractivity contribution in [3.8, 4) is 0 Å². The van der Waals surface area contributed by atoms with Gasteiger partial charge in [-0.25, -0.2) is 4.98 Å². The maximum Gasteiger partial charge on any atom is 0.253 e. The van der Waals surface area contributed by atoms with Gasteiger partial charge in [0, 0.05) is 62.7 Å². The number of hydrogen-bond acceptors (Lipinski definition) is 5. The van der Waals surface area contributed by atoms with Crippen molar-refractivity contribution in [1.29, 1.82) is 0 Å². The second-order valence-electron chi connectivity index (χ2n) is 8.19. The molecule has 3 heterocycles.